The lowest BCUT2D eigenvalue weighted by Crippen LogP contribution is -2.39. The molecule has 1 amide bonds. The smallest absolute Gasteiger partial charge is 0.270 e. The lowest BCUT2D eigenvalue weighted by atomic mass is 9.95. The summed E-state index contributed by atoms with van der Waals surface area (Å²) in [5.41, 5.74) is 3.36. The summed E-state index contributed by atoms with van der Waals surface area (Å²) >= 11 is 6.08. The van der Waals surface area contributed by atoms with Gasteiger partial charge in [0.05, 0.1) is 11.9 Å². The van der Waals surface area contributed by atoms with Crippen molar-refractivity contribution in [3.63, 3.8) is 0 Å². The fourth-order valence-corrected chi connectivity index (χ4v) is 4.34. The van der Waals surface area contributed by atoms with E-state index in [1.807, 2.05) is 48.2 Å². The molecule has 0 unspecified atom stereocenters. The van der Waals surface area contributed by atoms with Gasteiger partial charge in [-0.15, -0.1) is 0 Å². The molecule has 0 spiro atoms. The minimum absolute atomic E-state index is 0.00614. The Morgan fingerprint density at radius 1 is 1.25 bits per heavy atom. The lowest BCUT2D eigenvalue weighted by molar-refractivity contribution is 0.0701. The number of aryl methyl sites for hydroxylation is 1. The number of carbonyl (C=O) groups excluding carboxylic acids is 1. The van der Waals surface area contributed by atoms with E-state index < -0.39 is 0 Å². The Balaban J connectivity index is 1.33. The van der Waals surface area contributed by atoms with Crippen molar-refractivity contribution in [1.29, 1.82) is 0 Å². The second-order valence-corrected chi connectivity index (χ2v) is 8.56. The van der Waals surface area contributed by atoms with Gasteiger partial charge in [0.15, 0.2) is 0 Å². The first-order valence-corrected chi connectivity index (χ1v) is 11.0. The van der Waals surface area contributed by atoms with E-state index in [1.165, 1.54) is 0 Å². The average molecular weight is 447 g/mol. The van der Waals surface area contributed by atoms with E-state index in [-0.39, 0.29) is 11.8 Å². The highest BCUT2D eigenvalue weighted by molar-refractivity contribution is 6.31. The monoisotopic (exact) mass is 446 g/mol. The molecule has 1 saturated heterocycles. The summed E-state index contributed by atoms with van der Waals surface area (Å²) in [6.45, 7) is 3.33. The zero-order valence-corrected chi connectivity index (χ0v) is 18.4. The van der Waals surface area contributed by atoms with Gasteiger partial charge < -0.3 is 15.2 Å². The van der Waals surface area contributed by atoms with Gasteiger partial charge in [-0.25, -0.2) is 9.97 Å². The molecule has 4 heterocycles. The van der Waals surface area contributed by atoms with Crippen molar-refractivity contribution < 1.29 is 4.79 Å². The van der Waals surface area contributed by atoms with E-state index >= 15 is 0 Å². The molecule has 5 rings (SSSR count). The van der Waals surface area contributed by atoms with Crippen LogP contribution < -0.4 is 5.32 Å². The number of carbonyl (C=O) groups is 1. The standard InChI is InChI=1S/C24H23ClN6O/c1-15-4-2-8-27-23(15)30-22-13-26-12-21(29-22)17-5-3-9-31(14-17)24(32)20-10-16-6-7-18(25)11-19(16)28-20/h2,4,6-8,10-13,17,28H,3,5,9,14H2,1H3,(H,27,29,30)/t17-/m1/s1. The molecule has 0 bridgehead atoms. The van der Waals surface area contributed by atoms with Crippen molar-refractivity contribution in [3.05, 3.63) is 77.0 Å². The number of nitrogens with zero attached hydrogens (tertiary/aromatic N) is 4. The van der Waals surface area contributed by atoms with Crippen molar-refractivity contribution in [3.8, 4) is 0 Å². The summed E-state index contributed by atoms with van der Waals surface area (Å²) in [7, 11) is 0. The number of nitrogens with one attached hydrogen (secondary N) is 2. The zero-order chi connectivity index (χ0) is 22.1. The summed E-state index contributed by atoms with van der Waals surface area (Å²) in [4.78, 5) is 31.8. The van der Waals surface area contributed by atoms with Gasteiger partial charge in [0.25, 0.3) is 5.91 Å². The fourth-order valence-electron chi connectivity index (χ4n) is 4.16. The van der Waals surface area contributed by atoms with Crippen molar-refractivity contribution in [1.82, 2.24) is 24.8 Å². The van der Waals surface area contributed by atoms with Gasteiger partial charge in [-0.1, -0.05) is 23.7 Å². The third-order valence-electron chi connectivity index (χ3n) is 5.85. The Hall–Kier alpha value is -3.45. The van der Waals surface area contributed by atoms with Crippen LogP contribution in [-0.4, -0.2) is 43.8 Å². The first-order chi connectivity index (χ1) is 15.6. The number of fused-ring (bicyclic) bond motifs is 1. The van der Waals surface area contributed by atoms with Gasteiger partial charge >= 0.3 is 0 Å². The number of benzene rings is 1. The van der Waals surface area contributed by atoms with E-state index in [1.54, 1.807) is 18.6 Å². The van der Waals surface area contributed by atoms with Crippen molar-refractivity contribution in [2.24, 2.45) is 0 Å². The van der Waals surface area contributed by atoms with Gasteiger partial charge in [-0.05, 0) is 49.6 Å². The number of halogens is 1. The van der Waals surface area contributed by atoms with Crippen LogP contribution in [0.2, 0.25) is 5.02 Å². The highest BCUT2D eigenvalue weighted by Crippen LogP contribution is 2.28. The Morgan fingerprint density at radius 2 is 2.16 bits per heavy atom. The highest BCUT2D eigenvalue weighted by atomic mass is 35.5. The van der Waals surface area contributed by atoms with Crippen molar-refractivity contribution in [2.45, 2.75) is 25.7 Å². The summed E-state index contributed by atoms with van der Waals surface area (Å²) in [5.74, 6) is 1.54. The molecule has 4 aromatic rings. The molecule has 32 heavy (non-hydrogen) atoms. The second kappa shape index (κ2) is 8.59. The van der Waals surface area contributed by atoms with Crippen molar-refractivity contribution >= 4 is 40.0 Å². The molecule has 162 valence electrons. The molecule has 0 aliphatic carbocycles. The second-order valence-electron chi connectivity index (χ2n) is 8.13. The van der Waals surface area contributed by atoms with Gasteiger partial charge in [-0.3, -0.25) is 9.78 Å². The topological polar surface area (TPSA) is 86.8 Å². The van der Waals surface area contributed by atoms with Gasteiger partial charge in [-0.2, -0.15) is 0 Å². The predicted molar refractivity (Wildman–Crippen MR) is 125 cm³/mol. The number of H-pyrrole nitrogens is 1. The maximum atomic E-state index is 13.2. The molecule has 2 N–H and O–H groups in total. The molecule has 1 aromatic carbocycles. The first-order valence-electron chi connectivity index (χ1n) is 10.6. The number of aromatic nitrogens is 4. The number of rotatable bonds is 4. The van der Waals surface area contributed by atoms with Gasteiger partial charge in [0.1, 0.15) is 17.3 Å². The lowest BCUT2D eigenvalue weighted by Gasteiger charge is -2.32. The molecule has 1 fully saturated rings. The molecule has 0 radical (unpaired) electrons. The van der Waals surface area contributed by atoms with Crippen LogP contribution in [0, 0.1) is 6.92 Å². The van der Waals surface area contributed by atoms with Crippen LogP contribution in [0.5, 0.6) is 0 Å². The minimum Gasteiger partial charge on any atom is -0.350 e. The molecule has 3 aromatic heterocycles. The number of anilines is 2. The van der Waals surface area contributed by atoms with E-state index in [2.05, 4.69) is 20.3 Å². The van der Waals surface area contributed by atoms with Crippen LogP contribution in [0.4, 0.5) is 11.6 Å². The minimum atomic E-state index is -0.00614. The van der Waals surface area contributed by atoms with Crippen LogP contribution in [-0.2, 0) is 0 Å². The Kier molecular flexibility index (Phi) is 5.49. The number of hydrogen-bond donors (Lipinski definition) is 2. The van der Waals surface area contributed by atoms with E-state index in [0.29, 0.717) is 23.1 Å². The Bertz CT molecular complexity index is 1290. The normalized spacial score (nSPS) is 16.3. The molecule has 1 aliphatic heterocycles. The van der Waals surface area contributed by atoms with E-state index in [0.717, 1.165) is 47.4 Å². The Labute approximate surface area is 190 Å². The maximum Gasteiger partial charge on any atom is 0.270 e. The number of likely N-dealkylation sites (tertiary alicyclic amines) is 1. The summed E-state index contributed by atoms with van der Waals surface area (Å²) in [6, 6.07) is 11.4. The van der Waals surface area contributed by atoms with Gasteiger partial charge in [0.2, 0.25) is 0 Å². The molecular formula is C24H23ClN6O. The average Bonchev–Trinajstić information content (AvgIpc) is 3.23. The predicted octanol–water partition coefficient (Wildman–Crippen LogP) is 5.08. The molecular weight excluding hydrogens is 424 g/mol. The van der Waals surface area contributed by atoms with E-state index in [9.17, 15) is 4.79 Å². The fraction of sp³-hybridized carbons (Fsp3) is 0.250. The number of piperidine rings is 1. The Morgan fingerprint density at radius 3 is 3.03 bits per heavy atom. The van der Waals surface area contributed by atoms with Crippen LogP contribution in [0.25, 0.3) is 10.9 Å². The highest BCUT2D eigenvalue weighted by Gasteiger charge is 2.27. The third-order valence-corrected chi connectivity index (χ3v) is 6.09. The van der Waals surface area contributed by atoms with Crippen LogP contribution >= 0.6 is 11.6 Å². The molecule has 1 aliphatic rings. The molecule has 8 heteroatoms. The number of pyridine rings is 1. The zero-order valence-electron chi connectivity index (χ0n) is 17.7. The van der Waals surface area contributed by atoms with E-state index in [4.69, 9.17) is 16.6 Å². The van der Waals surface area contributed by atoms with Crippen molar-refractivity contribution in [2.75, 3.05) is 18.4 Å². The van der Waals surface area contributed by atoms with Crippen LogP contribution in [0.15, 0.2) is 55.0 Å². The SMILES string of the molecule is Cc1cccnc1Nc1cncc([C@@H]2CCCN(C(=O)c3cc4ccc(Cl)cc4[nH]3)C2)n1. The quantitative estimate of drug-likeness (QED) is 0.456. The summed E-state index contributed by atoms with van der Waals surface area (Å²) in [5, 5.41) is 4.87. The maximum absolute atomic E-state index is 13.2. The molecule has 7 nitrogen and oxygen atoms in total. The number of aromatic amines is 1. The molecule has 0 saturated carbocycles. The van der Waals surface area contributed by atoms with Gasteiger partial charge in [0, 0.05) is 47.3 Å². The summed E-state index contributed by atoms with van der Waals surface area (Å²) in [6.07, 6.45) is 7.11. The largest absolute Gasteiger partial charge is 0.350 e. The molecule has 1 atom stereocenters. The van der Waals surface area contributed by atoms with Crippen LogP contribution in [0.1, 0.15) is 40.5 Å². The third kappa shape index (κ3) is 4.16. The number of amides is 1. The first kappa shape index (κ1) is 20.5. The summed E-state index contributed by atoms with van der Waals surface area (Å²) < 4.78 is 0. The van der Waals surface area contributed by atoms with Crippen LogP contribution in [0.3, 0.4) is 0 Å². The number of hydrogen-bond acceptors (Lipinski definition) is 5.